The molecule has 4 nitrogen and oxygen atoms in total. The summed E-state index contributed by atoms with van der Waals surface area (Å²) in [5.41, 5.74) is 1.27. The van der Waals surface area contributed by atoms with E-state index in [1.807, 2.05) is 17.0 Å². The number of rotatable bonds is 3. The lowest BCUT2D eigenvalue weighted by molar-refractivity contribution is -0.137. The van der Waals surface area contributed by atoms with Crippen molar-refractivity contribution in [3.8, 4) is 0 Å². The molecule has 0 bridgehead atoms. The van der Waals surface area contributed by atoms with Crippen LogP contribution in [0, 0.1) is 5.92 Å². The van der Waals surface area contributed by atoms with E-state index in [1.165, 1.54) is 5.56 Å². The Morgan fingerprint density at radius 1 is 1.23 bits per heavy atom. The number of ether oxygens (including phenoxy) is 1. The third-order valence-electron chi connectivity index (χ3n) is 4.80. The van der Waals surface area contributed by atoms with Crippen LogP contribution in [0.2, 0.25) is 5.02 Å². The molecule has 22 heavy (non-hydrogen) atoms. The van der Waals surface area contributed by atoms with Crippen molar-refractivity contribution in [2.24, 2.45) is 5.92 Å². The van der Waals surface area contributed by atoms with Crippen LogP contribution in [0.3, 0.4) is 0 Å². The van der Waals surface area contributed by atoms with Crippen LogP contribution < -0.4 is 0 Å². The van der Waals surface area contributed by atoms with Gasteiger partial charge in [0.1, 0.15) is 0 Å². The number of halogens is 1. The first-order chi connectivity index (χ1) is 10.6. The fourth-order valence-electron chi connectivity index (χ4n) is 3.27. The zero-order valence-corrected chi connectivity index (χ0v) is 13.8. The fraction of sp³-hybridized carbons (Fsp3) is 0.588. The Kier molecular flexibility index (Phi) is 5.01. The summed E-state index contributed by atoms with van der Waals surface area (Å²) in [6.45, 7) is 7.00. The minimum atomic E-state index is 0.0836. The summed E-state index contributed by atoms with van der Waals surface area (Å²) < 4.78 is 5.33. The van der Waals surface area contributed by atoms with Gasteiger partial charge in [-0.1, -0.05) is 23.7 Å². The molecule has 0 saturated carbocycles. The topological polar surface area (TPSA) is 32.8 Å². The summed E-state index contributed by atoms with van der Waals surface area (Å²) in [5.74, 6) is 0.358. The molecule has 2 aliphatic rings. The van der Waals surface area contributed by atoms with Gasteiger partial charge in [-0.3, -0.25) is 9.69 Å². The van der Waals surface area contributed by atoms with Crippen LogP contribution >= 0.6 is 11.6 Å². The van der Waals surface area contributed by atoms with Crippen molar-refractivity contribution < 1.29 is 9.53 Å². The maximum absolute atomic E-state index is 12.4. The quantitative estimate of drug-likeness (QED) is 0.857. The Balaban J connectivity index is 1.54. The van der Waals surface area contributed by atoms with Crippen molar-refractivity contribution in [2.75, 3.05) is 39.4 Å². The molecule has 1 aromatic carbocycles. The summed E-state index contributed by atoms with van der Waals surface area (Å²) in [6, 6.07) is 8.39. The van der Waals surface area contributed by atoms with Crippen LogP contribution in [0.25, 0.3) is 0 Å². The number of amides is 1. The smallest absolute Gasteiger partial charge is 0.228 e. The molecule has 1 aromatic rings. The van der Waals surface area contributed by atoms with Gasteiger partial charge in [-0.2, -0.15) is 0 Å². The SMILES string of the molecule is C[C@@H](c1ccc(Cl)cc1)N1CCN(C(=O)[C@H]2CCOC2)CC1. The second-order valence-electron chi connectivity index (χ2n) is 6.15. The Morgan fingerprint density at radius 2 is 1.91 bits per heavy atom. The third-order valence-corrected chi connectivity index (χ3v) is 5.06. The van der Waals surface area contributed by atoms with Crippen LogP contribution in [0.4, 0.5) is 0 Å². The molecule has 2 fully saturated rings. The van der Waals surface area contributed by atoms with Gasteiger partial charge in [-0.05, 0) is 31.0 Å². The number of piperazine rings is 1. The van der Waals surface area contributed by atoms with Crippen LogP contribution in [-0.2, 0) is 9.53 Å². The lowest BCUT2D eigenvalue weighted by Gasteiger charge is -2.39. The number of nitrogens with zero attached hydrogens (tertiary/aromatic N) is 2. The summed E-state index contributed by atoms with van der Waals surface area (Å²) >= 11 is 5.95. The third kappa shape index (κ3) is 3.45. The summed E-state index contributed by atoms with van der Waals surface area (Å²) in [4.78, 5) is 16.8. The second kappa shape index (κ2) is 6.99. The van der Waals surface area contributed by atoms with Crippen molar-refractivity contribution in [3.63, 3.8) is 0 Å². The van der Waals surface area contributed by atoms with Crippen molar-refractivity contribution in [1.29, 1.82) is 0 Å². The molecule has 1 amide bonds. The maximum Gasteiger partial charge on any atom is 0.228 e. The molecule has 2 aliphatic heterocycles. The minimum absolute atomic E-state index is 0.0836. The molecule has 2 atom stereocenters. The average Bonchev–Trinajstić information content (AvgIpc) is 3.09. The molecule has 0 unspecified atom stereocenters. The van der Waals surface area contributed by atoms with Gasteiger partial charge >= 0.3 is 0 Å². The number of hydrogen-bond donors (Lipinski definition) is 0. The van der Waals surface area contributed by atoms with Gasteiger partial charge in [0.25, 0.3) is 0 Å². The minimum Gasteiger partial charge on any atom is -0.381 e. The van der Waals surface area contributed by atoms with Gasteiger partial charge in [0.2, 0.25) is 5.91 Å². The van der Waals surface area contributed by atoms with E-state index in [0.29, 0.717) is 12.6 Å². The Bertz CT molecular complexity index is 506. The fourth-order valence-corrected chi connectivity index (χ4v) is 3.40. The molecule has 0 aliphatic carbocycles. The summed E-state index contributed by atoms with van der Waals surface area (Å²) in [7, 11) is 0. The lowest BCUT2D eigenvalue weighted by Crippen LogP contribution is -2.50. The first kappa shape index (κ1) is 15.8. The Morgan fingerprint density at radius 3 is 2.50 bits per heavy atom. The molecule has 5 heteroatoms. The number of carbonyl (C=O) groups excluding carboxylic acids is 1. The predicted octanol–water partition coefficient (Wildman–Crippen LogP) is 2.58. The van der Waals surface area contributed by atoms with Crippen LogP contribution in [0.15, 0.2) is 24.3 Å². The van der Waals surface area contributed by atoms with E-state index in [9.17, 15) is 4.79 Å². The van der Waals surface area contributed by atoms with Crippen LogP contribution in [0.5, 0.6) is 0 Å². The summed E-state index contributed by atoms with van der Waals surface area (Å²) in [6.07, 6.45) is 0.875. The Labute approximate surface area is 137 Å². The van der Waals surface area contributed by atoms with E-state index < -0.39 is 0 Å². The van der Waals surface area contributed by atoms with E-state index in [-0.39, 0.29) is 11.8 Å². The molecular weight excluding hydrogens is 300 g/mol. The molecule has 0 aromatic heterocycles. The molecule has 120 valence electrons. The number of benzene rings is 1. The van der Waals surface area contributed by atoms with Crippen molar-refractivity contribution in [2.45, 2.75) is 19.4 Å². The van der Waals surface area contributed by atoms with Gasteiger partial charge in [-0.25, -0.2) is 0 Å². The molecule has 2 saturated heterocycles. The lowest BCUT2D eigenvalue weighted by atomic mass is 10.0. The Hall–Kier alpha value is -1.10. The largest absolute Gasteiger partial charge is 0.381 e. The average molecular weight is 323 g/mol. The molecule has 3 rings (SSSR count). The van der Waals surface area contributed by atoms with Gasteiger partial charge < -0.3 is 9.64 Å². The predicted molar refractivity (Wildman–Crippen MR) is 86.9 cm³/mol. The molecule has 0 N–H and O–H groups in total. The zero-order valence-electron chi connectivity index (χ0n) is 13.0. The van der Waals surface area contributed by atoms with E-state index in [1.54, 1.807) is 0 Å². The highest BCUT2D eigenvalue weighted by Crippen LogP contribution is 2.24. The van der Waals surface area contributed by atoms with Gasteiger partial charge in [0.15, 0.2) is 0 Å². The van der Waals surface area contributed by atoms with Crippen molar-refractivity contribution in [3.05, 3.63) is 34.9 Å². The number of hydrogen-bond acceptors (Lipinski definition) is 3. The van der Waals surface area contributed by atoms with Crippen LogP contribution in [0.1, 0.15) is 24.9 Å². The first-order valence-electron chi connectivity index (χ1n) is 8.01. The van der Waals surface area contributed by atoms with Gasteiger partial charge in [0.05, 0.1) is 12.5 Å². The molecule has 0 radical (unpaired) electrons. The van der Waals surface area contributed by atoms with Crippen LogP contribution in [-0.4, -0.2) is 55.1 Å². The van der Waals surface area contributed by atoms with Gasteiger partial charge in [-0.15, -0.1) is 0 Å². The highest BCUT2D eigenvalue weighted by Gasteiger charge is 2.31. The van der Waals surface area contributed by atoms with Crippen molar-refractivity contribution in [1.82, 2.24) is 9.80 Å². The van der Waals surface area contributed by atoms with Crippen molar-refractivity contribution >= 4 is 17.5 Å². The normalized spacial score (nSPS) is 24.5. The molecule has 0 spiro atoms. The summed E-state index contributed by atoms with van der Waals surface area (Å²) in [5, 5.41) is 0.769. The standard InChI is InChI=1S/C17H23ClN2O2/c1-13(14-2-4-16(18)5-3-14)19-7-9-20(10-8-19)17(21)15-6-11-22-12-15/h2-5,13,15H,6-12H2,1H3/t13-,15-/m0/s1. The van der Waals surface area contributed by atoms with E-state index >= 15 is 0 Å². The maximum atomic E-state index is 12.4. The number of carbonyl (C=O) groups is 1. The van der Waals surface area contributed by atoms with Gasteiger partial charge in [0, 0.05) is 43.9 Å². The van der Waals surface area contributed by atoms with E-state index in [2.05, 4.69) is 24.0 Å². The zero-order chi connectivity index (χ0) is 15.5. The highest BCUT2D eigenvalue weighted by atomic mass is 35.5. The van der Waals surface area contributed by atoms with E-state index in [4.69, 9.17) is 16.3 Å². The molecular formula is C17H23ClN2O2. The monoisotopic (exact) mass is 322 g/mol. The molecule has 2 heterocycles. The highest BCUT2D eigenvalue weighted by molar-refractivity contribution is 6.30. The van der Waals surface area contributed by atoms with E-state index in [0.717, 1.165) is 44.2 Å². The second-order valence-corrected chi connectivity index (χ2v) is 6.59. The first-order valence-corrected chi connectivity index (χ1v) is 8.39.